The van der Waals surface area contributed by atoms with Crippen molar-refractivity contribution < 1.29 is 0 Å². The Kier molecular flexibility index (Phi) is 4.86. The normalized spacial score (nSPS) is 12.5. The molecule has 1 unspecified atom stereocenters. The molecule has 0 aliphatic rings. The van der Waals surface area contributed by atoms with Gasteiger partial charge in [0.15, 0.2) is 0 Å². The van der Waals surface area contributed by atoms with Gasteiger partial charge < -0.3 is 0 Å². The average Bonchev–Trinajstić information content (AvgIpc) is 2.40. The van der Waals surface area contributed by atoms with Gasteiger partial charge in [0, 0.05) is 4.47 Å². The molecule has 0 fully saturated rings. The standard InChI is InChI=1S/C16H18BrClN2/c1-9-6-11(3)13(7-10(9)2)16(20-19)12-4-5-14(17)15(18)8-12/h4-8,16,20H,19H2,1-3H3. The van der Waals surface area contributed by atoms with Gasteiger partial charge in [0.25, 0.3) is 0 Å². The molecule has 2 aromatic rings. The summed E-state index contributed by atoms with van der Waals surface area (Å²) in [6.07, 6.45) is 0. The summed E-state index contributed by atoms with van der Waals surface area (Å²) < 4.78 is 0.885. The zero-order chi connectivity index (χ0) is 14.9. The van der Waals surface area contributed by atoms with Crippen LogP contribution in [0.15, 0.2) is 34.8 Å². The first kappa shape index (κ1) is 15.5. The fraction of sp³-hybridized carbons (Fsp3) is 0.250. The van der Waals surface area contributed by atoms with E-state index in [-0.39, 0.29) is 6.04 Å². The van der Waals surface area contributed by atoms with E-state index in [0.717, 1.165) is 10.0 Å². The maximum Gasteiger partial charge on any atom is 0.0713 e. The third-order valence-electron chi connectivity index (χ3n) is 3.64. The fourth-order valence-corrected chi connectivity index (χ4v) is 2.79. The molecule has 0 spiro atoms. The van der Waals surface area contributed by atoms with Crippen LogP contribution in [-0.2, 0) is 0 Å². The highest BCUT2D eigenvalue weighted by Gasteiger charge is 2.16. The van der Waals surface area contributed by atoms with Crippen LogP contribution in [0.1, 0.15) is 33.9 Å². The van der Waals surface area contributed by atoms with Crippen molar-refractivity contribution in [2.75, 3.05) is 0 Å². The number of hydrogen-bond donors (Lipinski definition) is 2. The van der Waals surface area contributed by atoms with Crippen molar-refractivity contribution in [3.05, 3.63) is 67.6 Å². The highest BCUT2D eigenvalue weighted by atomic mass is 79.9. The van der Waals surface area contributed by atoms with E-state index in [4.69, 9.17) is 17.4 Å². The van der Waals surface area contributed by atoms with Crippen molar-refractivity contribution in [2.24, 2.45) is 5.84 Å². The van der Waals surface area contributed by atoms with E-state index in [1.165, 1.54) is 22.3 Å². The average molecular weight is 354 g/mol. The molecule has 2 rings (SSSR count). The van der Waals surface area contributed by atoms with Crippen LogP contribution in [0.4, 0.5) is 0 Å². The van der Waals surface area contributed by atoms with Gasteiger partial charge in [0.05, 0.1) is 11.1 Å². The van der Waals surface area contributed by atoms with E-state index >= 15 is 0 Å². The lowest BCUT2D eigenvalue weighted by Crippen LogP contribution is -2.29. The first-order valence-electron chi connectivity index (χ1n) is 6.43. The van der Waals surface area contributed by atoms with Crippen LogP contribution in [0.2, 0.25) is 5.02 Å². The van der Waals surface area contributed by atoms with Gasteiger partial charge in [-0.2, -0.15) is 0 Å². The number of benzene rings is 2. The number of nitrogens with one attached hydrogen (secondary N) is 1. The summed E-state index contributed by atoms with van der Waals surface area (Å²) in [5.41, 5.74) is 8.88. The van der Waals surface area contributed by atoms with E-state index in [1.807, 2.05) is 18.2 Å². The van der Waals surface area contributed by atoms with Gasteiger partial charge in [-0.15, -0.1) is 0 Å². The van der Waals surface area contributed by atoms with Crippen molar-refractivity contribution in [3.8, 4) is 0 Å². The van der Waals surface area contributed by atoms with Crippen LogP contribution >= 0.6 is 27.5 Å². The lowest BCUT2D eigenvalue weighted by atomic mass is 9.92. The second-order valence-electron chi connectivity index (χ2n) is 5.07. The molecule has 1 atom stereocenters. The minimum absolute atomic E-state index is 0.0695. The van der Waals surface area contributed by atoms with Gasteiger partial charge in [0.2, 0.25) is 0 Å². The summed E-state index contributed by atoms with van der Waals surface area (Å²) in [4.78, 5) is 0. The van der Waals surface area contributed by atoms with Gasteiger partial charge in [-0.3, -0.25) is 5.84 Å². The van der Waals surface area contributed by atoms with E-state index in [2.05, 4.69) is 54.3 Å². The minimum Gasteiger partial charge on any atom is -0.271 e. The Bertz CT molecular complexity index is 641. The van der Waals surface area contributed by atoms with E-state index in [0.29, 0.717) is 5.02 Å². The van der Waals surface area contributed by atoms with Crippen LogP contribution in [0, 0.1) is 20.8 Å². The molecule has 0 heterocycles. The van der Waals surface area contributed by atoms with Gasteiger partial charge in [-0.25, -0.2) is 5.43 Å². The molecule has 0 saturated heterocycles. The topological polar surface area (TPSA) is 38.0 Å². The highest BCUT2D eigenvalue weighted by Crippen LogP contribution is 2.31. The molecule has 0 saturated carbocycles. The zero-order valence-corrected chi connectivity index (χ0v) is 14.1. The zero-order valence-electron chi connectivity index (χ0n) is 11.8. The number of hydrogen-bond acceptors (Lipinski definition) is 2. The summed E-state index contributed by atoms with van der Waals surface area (Å²) >= 11 is 9.59. The van der Waals surface area contributed by atoms with E-state index < -0.39 is 0 Å². The number of rotatable bonds is 3. The Balaban J connectivity index is 2.52. The smallest absolute Gasteiger partial charge is 0.0713 e. The third kappa shape index (κ3) is 3.07. The summed E-state index contributed by atoms with van der Waals surface area (Å²) in [5, 5.41) is 0.684. The Morgan fingerprint density at radius 1 is 1.05 bits per heavy atom. The van der Waals surface area contributed by atoms with Crippen molar-refractivity contribution in [1.82, 2.24) is 5.43 Å². The van der Waals surface area contributed by atoms with Crippen molar-refractivity contribution in [1.29, 1.82) is 0 Å². The molecule has 0 amide bonds. The Labute approximate surface area is 133 Å². The quantitative estimate of drug-likeness (QED) is 0.626. The molecule has 0 aromatic heterocycles. The second-order valence-corrected chi connectivity index (χ2v) is 6.33. The molecule has 2 nitrogen and oxygen atoms in total. The summed E-state index contributed by atoms with van der Waals surface area (Å²) in [7, 11) is 0. The lowest BCUT2D eigenvalue weighted by molar-refractivity contribution is 0.633. The predicted molar refractivity (Wildman–Crippen MR) is 89.0 cm³/mol. The van der Waals surface area contributed by atoms with Gasteiger partial charge in [0.1, 0.15) is 0 Å². The molecule has 20 heavy (non-hydrogen) atoms. The van der Waals surface area contributed by atoms with Crippen molar-refractivity contribution in [2.45, 2.75) is 26.8 Å². The second kappa shape index (κ2) is 6.27. The molecule has 0 radical (unpaired) electrons. The van der Waals surface area contributed by atoms with Crippen LogP contribution in [0.25, 0.3) is 0 Å². The molecular formula is C16H18BrClN2. The van der Waals surface area contributed by atoms with Crippen LogP contribution in [-0.4, -0.2) is 0 Å². The molecule has 0 aliphatic carbocycles. The molecule has 2 aromatic carbocycles. The first-order chi connectivity index (χ1) is 9.43. The third-order valence-corrected chi connectivity index (χ3v) is 4.87. The first-order valence-corrected chi connectivity index (χ1v) is 7.60. The van der Waals surface area contributed by atoms with Crippen LogP contribution in [0.3, 0.4) is 0 Å². The fourth-order valence-electron chi connectivity index (χ4n) is 2.35. The maximum absolute atomic E-state index is 6.18. The predicted octanol–water partition coefficient (Wildman–Crippen LogP) is 4.58. The van der Waals surface area contributed by atoms with Crippen molar-refractivity contribution in [3.63, 3.8) is 0 Å². The molecule has 0 bridgehead atoms. The summed E-state index contributed by atoms with van der Waals surface area (Å²) in [5.74, 6) is 5.78. The largest absolute Gasteiger partial charge is 0.271 e. The Morgan fingerprint density at radius 2 is 1.70 bits per heavy atom. The number of nitrogens with two attached hydrogens (primary N) is 1. The number of aryl methyl sites for hydroxylation is 3. The van der Waals surface area contributed by atoms with Crippen LogP contribution < -0.4 is 11.3 Å². The van der Waals surface area contributed by atoms with E-state index in [1.54, 1.807) is 0 Å². The molecule has 3 N–H and O–H groups in total. The number of hydrazine groups is 1. The molecule has 0 aliphatic heterocycles. The lowest BCUT2D eigenvalue weighted by Gasteiger charge is -2.21. The molecule has 4 heteroatoms. The van der Waals surface area contributed by atoms with Gasteiger partial charge >= 0.3 is 0 Å². The highest BCUT2D eigenvalue weighted by molar-refractivity contribution is 9.10. The Morgan fingerprint density at radius 3 is 2.30 bits per heavy atom. The monoisotopic (exact) mass is 352 g/mol. The van der Waals surface area contributed by atoms with Crippen LogP contribution in [0.5, 0.6) is 0 Å². The summed E-state index contributed by atoms with van der Waals surface area (Å²) in [6.45, 7) is 6.33. The number of halogens is 2. The van der Waals surface area contributed by atoms with Crippen molar-refractivity contribution >= 4 is 27.5 Å². The Hall–Kier alpha value is -0.870. The van der Waals surface area contributed by atoms with Gasteiger partial charge in [-0.1, -0.05) is 29.8 Å². The molecular weight excluding hydrogens is 336 g/mol. The maximum atomic E-state index is 6.18. The molecule has 106 valence electrons. The van der Waals surface area contributed by atoms with E-state index in [9.17, 15) is 0 Å². The van der Waals surface area contributed by atoms with Gasteiger partial charge in [-0.05, 0) is 76.7 Å². The minimum atomic E-state index is -0.0695. The summed E-state index contributed by atoms with van der Waals surface area (Å²) in [6, 6.07) is 10.2. The SMILES string of the molecule is Cc1cc(C)c(C(NN)c2ccc(Br)c(Cl)c2)cc1C.